The Labute approximate surface area is 97.8 Å². The lowest BCUT2D eigenvalue weighted by Crippen LogP contribution is -2.56. The van der Waals surface area contributed by atoms with E-state index in [4.69, 9.17) is 5.26 Å². The Bertz CT molecular complexity index is 407. The van der Waals surface area contributed by atoms with Crippen LogP contribution >= 0.6 is 15.9 Å². The molecular formula is C11H12BrN3. The van der Waals surface area contributed by atoms with E-state index in [0.29, 0.717) is 6.04 Å². The Balaban J connectivity index is 2.30. The molecule has 0 amide bonds. The first-order valence-electron chi connectivity index (χ1n) is 4.85. The zero-order valence-corrected chi connectivity index (χ0v) is 10.1. The molecule has 1 aromatic carbocycles. The third-order valence-electron chi connectivity index (χ3n) is 2.77. The third-order valence-corrected chi connectivity index (χ3v) is 3.26. The highest BCUT2D eigenvalue weighted by Crippen LogP contribution is 2.25. The van der Waals surface area contributed by atoms with Crippen molar-refractivity contribution in [2.24, 2.45) is 0 Å². The predicted octanol–water partition coefficient (Wildman–Crippen LogP) is 1.73. The maximum atomic E-state index is 9.05. The summed E-state index contributed by atoms with van der Waals surface area (Å²) in [7, 11) is 2.04. The fraction of sp³-hybridized carbons (Fsp3) is 0.364. The van der Waals surface area contributed by atoms with Crippen LogP contribution in [0, 0.1) is 11.3 Å². The number of benzene rings is 1. The van der Waals surface area contributed by atoms with Crippen LogP contribution in [0.15, 0.2) is 22.7 Å². The third kappa shape index (κ3) is 1.99. The molecule has 0 atom stereocenters. The van der Waals surface area contributed by atoms with Gasteiger partial charge in [-0.3, -0.25) is 0 Å². The van der Waals surface area contributed by atoms with Crippen molar-refractivity contribution in [2.45, 2.75) is 6.04 Å². The lowest BCUT2D eigenvalue weighted by molar-refractivity contribution is 0.428. The van der Waals surface area contributed by atoms with E-state index in [1.54, 1.807) is 0 Å². The lowest BCUT2D eigenvalue weighted by atomic mass is 10.1. The molecule has 0 radical (unpaired) electrons. The van der Waals surface area contributed by atoms with E-state index in [-0.39, 0.29) is 0 Å². The van der Waals surface area contributed by atoms with E-state index in [1.165, 1.54) is 0 Å². The Morgan fingerprint density at radius 2 is 2.27 bits per heavy atom. The van der Waals surface area contributed by atoms with Crippen LogP contribution in [0.4, 0.5) is 5.69 Å². The Morgan fingerprint density at radius 1 is 1.53 bits per heavy atom. The van der Waals surface area contributed by atoms with Crippen LogP contribution in [-0.2, 0) is 0 Å². The molecule has 1 aliphatic heterocycles. The molecule has 2 rings (SSSR count). The SMILES string of the molecule is CN(c1ccc(Br)cc1C#N)C1CNC1. The zero-order valence-electron chi connectivity index (χ0n) is 8.50. The molecule has 4 heteroatoms. The Hall–Kier alpha value is -1.05. The molecule has 0 aliphatic carbocycles. The fourth-order valence-corrected chi connectivity index (χ4v) is 2.01. The number of nitrogens with zero attached hydrogens (tertiary/aromatic N) is 2. The maximum Gasteiger partial charge on any atom is 0.101 e. The van der Waals surface area contributed by atoms with Crippen molar-refractivity contribution in [3.8, 4) is 6.07 Å². The van der Waals surface area contributed by atoms with Gasteiger partial charge in [0.05, 0.1) is 17.3 Å². The van der Waals surface area contributed by atoms with Gasteiger partial charge in [0.25, 0.3) is 0 Å². The van der Waals surface area contributed by atoms with Crippen LogP contribution in [0.1, 0.15) is 5.56 Å². The van der Waals surface area contributed by atoms with Gasteiger partial charge in [0.15, 0.2) is 0 Å². The molecule has 0 saturated carbocycles. The fourth-order valence-electron chi connectivity index (χ4n) is 1.65. The molecule has 0 unspecified atom stereocenters. The van der Waals surface area contributed by atoms with Gasteiger partial charge in [-0.15, -0.1) is 0 Å². The molecule has 3 nitrogen and oxygen atoms in total. The summed E-state index contributed by atoms with van der Waals surface area (Å²) in [6.07, 6.45) is 0. The van der Waals surface area contributed by atoms with Crippen LogP contribution in [0.5, 0.6) is 0 Å². The summed E-state index contributed by atoms with van der Waals surface area (Å²) in [6.45, 7) is 1.99. The normalized spacial score (nSPS) is 15.5. The molecule has 0 bridgehead atoms. The van der Waals surface area contributed by atoms with Gasteiger partial charge in [-0.2, -0.15) is 5.26 Å². The molecule has 15 heavy (non-hydrogen) atoms. The van der Waals surface area contributed by atoms with Crippen LogP contribution in [0.25, 0.3) is 0 Å². The van der Waals surface area contributed by atoms with Crippen molar-refractivity contribution in [1.29, 1.82) is 5.26 Å². The second-order valence-electron chi connectivity index (χ2n) is 3.70. The highest BCUT2D eigenvalue weighted by atomic mass is 79.9. The number of hydrogen-bond acceptors (Lipinski definition) is 3. The number of halogens is 1. The second-order valence-corrected chi connectivity index (χ2v) is 4.61. The van der Waals surface area contributed by atoms with Crippen LogP contribution in [-0.4, -0.2) is 26.2 Å². The summed E-state index contributed by atoms with van der Waals surface area (Å²) in [4.78, 5) is 2.17. The van der Waals surface area contributed by atoms with Crippen molar-refractivity contribution in [3.63, 3.8) is 0 Å². The van der Waals surface area contributed by atoms with Gasteiger partial charge in [-0.05, 0) is 18.2 Å². The van der Waals surface area contributed by atoms with Crippen molar-refractivity contribution < 1.29 is 0 Å². The number of rotatable bonds is 2. The summed E-state index contributed by atoms with van der Waals surface area (Å²) >= 11 is 3.37. The monoisotopic (exact) mass is 265 g/mol. The average Bonchev–Trinajstić information content (AvgIpc) is 2.14. The Kier molecular flexibility index (Phi) is 2.94. The first kappa shape index (κ1) is 10.5. The molecule has 1 N–H and O–H groups in total. The minimum atomic E-state index is 0.512. The highest BCUT2D eigenvalue weighted by Gasteiger charge is 2.23. The van der Waals surface area contributed by atoms with E-state index < -0.39 is 0 Å². The van der Waals surface area contributed by atoms with E-state index in [2.05, 4.69) is 32.2 Å². The van der Waals surface area contributed by atoms with Gasteiger partial charge in [0.2, 0.25) is 0 Å². The first-order valence-corrected chi connectivity index (χ1v) is 5.65. The van der Waals surface area contributed by atoms with Crippen molar-refractivity contribution in [1.82, 2.24) is 5.32 Å². The summed E-state index contributed by atoms with van der Waals surface area (Å²) in [5.74, 6) is 0. The molecule has 1 aromatic rings. The van der Waals surface area contributed by atoms with E-state index in [0.717, 1.165) is 28.8 Å². The molecule has 1 fully saturated rings. The number of nitriles is 1. The molecule has 0 spiro atoms. The number of nitrogens with one attached hydrogen (secondary N) is 1. The van der Waals surface area contributed by atoms with E-state index in [1.807, 2.05) is 25.2 Å². The van der Waals surface area contributed by atoms with Crippen molar-refractivity contribution in [3.05, 3.63) is 28.2 Å². The smallest absolute Gasteiger partial charge is 0.101 e. The van der Waals surface area contributed by atoms with Crippen LogP contribution < -0.4 is 10.2 Å². The summed E-state index contributed by atoms with van der Waals surface area (Å²) in [6, 6.07) is 8.56. The minimum absolute atomic E-state index is 0.512. The van der Waals surface area contributed by atoms with Gasteiger partial charge in [0, 0.05) is 24.6 Å². The Morgan fingerprint density at radius 3 is 2.80 bits per heavy atom. The second kappa shape index (κ2) is 4.21. The molecule has 1 saturated heterocycles. The lowest BCUT2D eigenvalue weighted by Gasteiger charge is -2.37. The first-order chi connectivity index (χ1) is 7.22. The van der Waals surface area contributed by atoms with Gasteiger partial charge in [-0.25, -0.2) is 0 Å². The van der Waals surface area contributed by atoms with Crippen molar-refractivity contribution >= 4 is 21.6 Å². The quantitative estimate of drug-likeness (QED) is 0.886. The zero-order chi connectivity index (χ0) is 10.8. The van der Waals surface area contributed by atoms with E-state index >= 15 is 0 Å². The number of anilines is 1. The van der Waals surface area contributed by atoms with Crippen LogP contribution in [0.2, 0.25) is 0 Å². The topological polar surface area (TPSA) is 39.1 Å². The molecule has 0 aromatic heterocycles. The van der Waals surface area contributed by atoms with E-state index in [9.17, 15) is 0 Å². The predicted molar refractivity (Wildman–Crippen MR) is 63.9 cm³/mol. The van der Waals surface area contributed by atoms with Crippen LogP contribution in [0.3, 0.4) is 0 Å². The molecule has 1 heterocycles. The molecule has 1 aliphatic rings. The van der Waals surface area contributed by atoms with Gasteiger partial charge in [-0.1, -0.05) is 15.9 Å². The minimum Gasteiger partial charge on any atom is -0.368 e. The van der Waals surface area contributed by atoms with Gasteiger partial charge >= 0.3 is 0 Å². The van der Waals surface area contributed by atoms with Gasteiger partial charge in [0.1, 0.15) is 6.07 Å². The number of likely N-dealkylation sites (N-methyl/N-ethyl adjacent to an activating group) is 1. The van der Waals surface area contributed by atoms with Crippen molar-refractivity contribution in [2.75, 3.05) is 25.0 Å². The molecule has 78 valence electrons. The summed E-state index contributed by atoms with van der Waals surface area (Å²) in [5, 5.41) is 12.3. The summed E-state index contributed by atoms with van der Waals surface area (Å²) in [5.41, 5.74) is 1.73. The number of hydrogen-bond donors (Lipinski definition) is 1. The molecular weight excluding hydrogens is 254 g/mol. The highest BCUT2D eigenvalue weighted by molar-refractivity contribution is 9.10. The average molecular weight is 266 g/mol. The maximum absolute atomic E-state index is 9.05. The standard InChI is InChI=1S/C11H12BrN3/c1-15(10-6-14-7-10)11-3-2-9(12)4-8(11)5-13/h2-4,10,14H,6-7H2,1H3. The summed E-state index contributed by atoms with van der Waals surface area (Å²) < 4.78 is 0.947. The van der Waals surface area contributed by atoms with Gasteiger partial charge < -0.3 is 10.2 Å². The largest absolute Gasteiger partial charge is 0.368 e.